The van der Waals surface area contributed by atoms with Crippen LogP contribution in [0.15, 0.2) is 30.4 Å². The Bertz CT molecular complexity index is 865. The Kier molecular flexibility index (Phi) is 3.94. The Balaban J connectivity index is 1.49. The second-order valence-corrected chi connectivity index (χ2v) is 6.95. The van der Waals surface area contributed by atoms with E-state index in [4.69, 9.17) is 4.74 Å². The predicted molar refractivity (Wildman–Crippen MR) is 92.7 cm³/mol. The highest BCUT2D eigenvalue weighted by molar-refractivity contribution is 6.09. The van der Waals surface area contributed by atoms with Crippen LogP contribution in [0.4, 0.5) is 11.4 Å². The molecule has 3 aliphatic rings. The summed E-state index contributed by atoms with van der Waals surface area (Å²) in [5.74, 6) is -1.60. The zero-order valence-corrected chi connectivity index (χ0v) is 14.5. The van der Waals surface area contributed by atoms with Gasteiger partial charge in [-0.2, -0.15) is 0 Å². The number of carbonyl (C=O) groups is 3. The number of nitro groups is 1. The van der Waals surface area contributed by atoms with E-state index in [0.29, 0.717) is 0 Å². The first-order valence-corrected chi connectivity index (χ1v) is 8.56. The van der Waals surface area contributed by atoms with Crippen LogP contribution in [0.25, 0.3) is 0 Å². The Morgan fingerprint density at radius 3 is 2.44 bits per heavy atom. The fourth-order valence-corrected chi connectivity index (χ4v) is 4.36. The van der Waals surface area contributed by atoms with Crippen molar-refractivity contribution < 1.29 is 24.0 Å². The lowest BCUT2D eigenvalue weighted by Gasteiger charge is -2.17. The van der Waals surface area contributed by atoms with Crippen molar-refractivity contribution in [3.8, 4) is 5.75 Å². The molecule has 1 N–H and O–H groups in total. The van der Waals surface area contributed by atoms with Crippen LogP contribution in [0.2, 0.25) is 0 Å². The maximum atomic E-state index is 12.6. The van der Waals surface area contributed by atoms with E-state index in [9.17, 15) is 24.5 Å². The first-order chi connectivity index (χ1) is 12.9. The van der Waals surface area contributed by atoms with Gasteiger partial charge in [-0.25, -0.2) is 0 Å². The van der Waals surface area contributed by atoms with Crippen molar-refractivity contribution in [2.75, 3.05) is 19.0 Å². The van der Waals surface area contributed by atoms with E-state index >= 15 is 0 Å². The first-order valence-electron chi connectivity index (χ1n) is 8.56. The molecular formula is C18H17N3O6. The molecule has 9 nitrogen and oxygen atoms in total. The molecule has 0 spiro atoms. The number of non-ortho nitro benzene ring substituents is 1. The summed E-state index contributed by atoms with van der Waals surface area (Å²) in [6.45, 7) is -0.421. The molecular weight excluding hydrogens is 354 g/mol. The van der Waals surface area contributed by atoms with Crippen molar-refractivity contribution >= 4 is 29.1 Å². The maximum absolute atomic E-state index is 12.6. The average molecular weight is 371 g/mol. The molecule has 1 heterocycles. The van der Waals surface area contributed by atoms with Crippen LogP contribution in [0.5, 0.6) is 5.75 Å². The minimum absolute atomic E-state index is 0.0707. The number of allylic oxidation sites excluding steroid dienone is 2. The van der Waals surface area contributed by atoms with Crippen LogP contribution < -0.4 is 10.1 Å². The van der Waals surface area contributed by atoms with Crippen molar-refractivity contribution in [1.82, 2.24) is 4.90 Å². The van der Waals surface area contributed by atoms with Crippen LogP contribution in [0, 0.1) is 33.8 Å². The molecule has 0 radical (unpaired) electrons. The zero-order valence-electron chi connectivity index (χ0n) is 14.5. The third-order valence-electron chi connectivity index (χ3n) is 5.53. The number of anilines is 1. The maximum Gasteiger partial charge on any atom is 0.271 e. The molecule has 1 aliphatic heterocycles. The van der Waals surface area contributed by atoms with Gasteiger partial charge in [-0.05, 0) is 24.3 Å². The van der Waals surface area contributed by atoms with E-state index in [1.165, 1.54) is 25.3 Å². The van der Waals surface area contributed by atoms with Gasteiger partial charge < -0.3 is 10.1 Å². The normalized spacial score (nSPS) is 27.8. The second kappa shape index (κ2) is 6.19. The van der Waals surface area contributed by atoms with Gasteiger partial charge in [-0.15, -0.1) is 0 Å². The molecule has 1 saturated carbocycles. The monoisotopic (exact) mass is 371 g/mol. The van der Waals surface area contributed by atoms with Gasteiger partial charge >= 0.3 is 0 Å². The molecule has 1 aromatic carbocycles. The minimum Gasteiger partial charge on any atom is -0.495 e. The van der Waals surface area contributed by atoms with E-state index in [1.54, 1.807) is 0 Å². The molecule has 2 aliphatic carbocycles. The number of carbonyl (C=O) groups excluding carboxylic acids is 3. The Morgan fingerprint density at radius 1 is 1.26 bits per heavy atom. The third-order valence-corrected chi connectivity index (χ3v) is 5.53. The fraction of sp³-hybridized carbons (Fsp3) is 0.389. The number of nitrogens with one attached hydrogen (secondary N) is 1. The van der Waals surface area contributed by atoms with Gasteiger partial charge in [0.05, 0.1) is 29.6 Å². The summed E-state index contributed by atoms with van der Waals surface area (Å²) < 4.78 is 5.10. The highest BCUT2D eigenvalue weighted by Crippen LogP contribution is 2.52. The second-order valence-electron chi connectivity index (χ2n) is 6.95. The summed E-state index contributed by atoms with van der Waals surface area (Å²) in [6.07, 6.45) is 4.78. The number of likely N-dealkylation sites (tertiary alicyclic amines) is 1. The third kappa shape index (κ3) is 2.66. The lowest BCUT2D eigenvalue weighted by molar-refractivity contribution is -0.384. The van der Waals surface area contributed by atoms with Gasteiger partial charge in [0.15, 0.2) is 0 Å². The van der Waals surface area contributed by atoms with Crippen molar-refractivity contribution in [2.24, 2.45) is 23.7 Å². The topological polar surface area (TPSA) is 119 Å². The summed E-state index contributed by atoms with van der Waals surface area (Å²) in [4.78, 5) is 49.0. The first kappa shape index (κ1) is 17.2. The van der Waals surface area contributed by atoms with Crippen molar-refractivity contribution in [3.63, 3.8) is 0 Å². The van der Waals surface area contributed by atoms with Gasteiger partial charge in [0.1, 0.15) is 12.3 Å². The van der Waals surface area contributed by atoms with Crippen molar-refractivity contribution in [2.45, 2.75) is 6.42 Å². The summed E-state index contributed by atoms with van der Waals surface area (Å²) in [6, 6.07) is 3.79. The molecule has 140 valence electrons. The molecule has 4 rings (SSSR count). The fourth-order valence-electron chi connectivity index (χ4n) is 4.36. The molecule has 0 aromatic heterocycles. The summed E-state index contributed by atoms with van der Waals surface area (Å²) in [5.41, 5.74) is -0.102. The number of benzene rings is 1. The Morgan fingerprint density at radius 2 is 1.89 bits per heavy atom. The Labute approximate surface area is 154 Å². The van der Waals surface area contributed by atoms with Crippen LogP contribution in [0.1, 0.15) is 6.42 Å². The highest BCUT2D eigenvalue weighted by Gasteiger charge is 2.59. The number of hydrogen-bond donors (Lipinski definition) is 1. The molecule has 1 aromatic rings. The minimum atomic E-state index is -0.615. The van der Waals surface area contributed by atoms with E-state index < -0.39 is 17.4 Å². The van der Waals surface area contributed by atoms with Gasteiger partial charge in [-0.3, -0.25) is 29.4 Å². The molecule has 3 amide bonds. The number of nitrogens with zero attached hydrogens (tertiary/aromatic N) is 2. The molecule has 4 atom stereocenters. The number of nitro benzene ring substituents is 1. The average Bonchev–Trinajstić information content (AvgIpc) is 3.31. The van der Waals surface area contributed by atoms with Crippen LogP contribution in [0.3, 0.4) is 0 Å². The van der Waals surface area contributed by atoms with Gasteiger partial charge in [-0.1, -0.05) is 12.2 Å². The number of ether oxygens (including phenoxy) is 1. The number of hydrogen-bond acceptors (Lipinski definition) is 6. The molecule has 2 bridgehead atoms. The van der Waals surface area contributed by atoms with E-state index in [0.717, 1.165) is 11.3 Å². The molecule has 0 unspecified atom stereocenters. The SMILES string of the molecule is COc1ccc([N+](=O)[O-])cc1NC(=O)CN1C(=O)[C@@H]2[C@@H](C1=O)[C@H]1C=C[C@@H]2C1. The molecule has 9 heteroatoms. The highest BCUT2D eigenvalue weighted by atomic mass is 16.6. The summed E-state index contributed by atoms with van der Waals surface area (Å²) >= 11 is 0. The lowest BCUT2D eigenvalue weighted by Crippen LogP contribution is -2.39. The number of methoxy groups -OCH3 is 1. The number of fused-ring (bicyclic) bond motifs is 5. The molecule has 2 fully saturated rings. The summed E-state index contributed by atoms with van der Waals surface area (Å²) in [7, 11) is 1.37. The predicted octanol–water partition coefficient (Wildman–Crippen LogP) is 1.35. The lowest BCUT2D eigenvalue weighted by atomic mass is 9.85. The van der Waals surface area contributed by atoms with Crippen LogP contribution in [-0.2, 0) is 14.4 Å². The van der Waals surface area contributed by atoms with E-state index in [-0.39, 0.29) is 52.6 Å². The van der Waals surface area contributed by atoms with E-state index in [2.05, 4.69) is 5.32 Å². The standard InChI is InChI=1S/C18H17N3O6/c1-27-13-5-4-11(21(25)26)7-12(13)19-14(22)8-20-17(23)15-9-2-3-10(6-9)16(15)18(20)24/h2-5,7,9-10,15-16H,6,8H2,1H3,(H,19,22)/t9-,10+,15-,16-/m0/s1. The number of amides is 3. The van der Waals surface area contributed by atoms with Gasteiger partial charge in [0.25, 0.3) is 5.69 Å². The van der Waals surface area contributed by atoms with Crippen molar-refractivity contribution in [3.05, 3.63) is 40.5 Å². The van der Waals surface area contributed by atoms with Crippen LogP contribution >= 0.6 is 0 Å². The van der Waals surface area contributed by atoms with Gasteiger partial charge in [0, 0.05) is 12.1 Å². The Hall–Kier alpha value is -3.23. The smallest absolute Gasteiger partial charge is 0.271 e. The summed E-state index contributed by atoms with van der Waals surface area (Å²) in [5, 5.41) is 13.4. The number of rotatable bonds is 5. The van der Waals surface area contributed by atoms with Crippen molar-refractivity contribution in [1.29, 1.82) is 0 Å². The zero-order chi connectivity index (χ0) is 19.3. The van der Waals surface area contributed by atoms with Crippen LogP contribution in [-0.4, -0.2) is 41.2 Å². The number of imide groups is 1. The molecule has 1 saturated heterocycles. The largest absolute Gasteiger partial charge is 0.495 e. The van der Waals surface area contributed by atoms with Gasteiger partial charge in [0.2, 0.25) is 17.7 Å². The quantitative estimate of drug-likeness (QED) is 0.361. The van der Waals surface area contributed by atoms with E-state index in [1.807, 2.05) is 12.2 Å². The molecule has 27 heavy (non-hydrogen) atoms.